The number of aromatic nitrogens is 2. The van der Waals surface area contributed by atoms with Crippen LogP contribution in [-0.4, -0.2) is 22.0 Å². The molecule has 1 N–H and O–H groups in total. The van der Waals surface area contributed by atoms with Crippen LogP contribution in [0.25, 0.3) is 11.0 Å². The summed E-state index contributed by atoms with van der Waals surface area (Å²) in [7, 11) is 0. The van der Waals surface area contributed by atoms with E-state index in [-0.39, 0.29) is 5.78 Å². The zero-order chi connectivity index (χ0) is 18.6. The van der Waals surface area contributed by atoms with Gasteiger partial charge in [-0.2, -0.15) is 0 Å². The third-order valence-electron chi connectivity index (χ3n) is 4.54. The standard InChI is InChI=1S/C21H26N2O2/c1-13(2)16(5)21(25)17(15(4)12-24)7-6-8-20-22-18-10-9-14(3)11-19(18)23-20/h9-12H,6-8H2,1-5H3,(H,22,23)/b17-15-. The van der Waals surface area contributed by atoms with Crippen LogP contribution in [0.15, 0.2) is 40.5 Å². The lowest BCUT2D eigenvalue weighted by Crippen LogP contribution is -2.09. The van der Waals surface area contributed by atoms with E-state index in [1.807, 2.05) is 32.9 Å². The maximum atomic E-state index is 12.6. The summed E-state index contributed by atoms with van der Waals surface area (Å²) in [5, 5.41) is 0. The molecule has 0 atom stereocenters. The van der Waals surface area contributed by atoms with E-state index in [9.17, 15) is 9.59 Å². The molecule has 0 aliphatic rings. The van der Waals surface area contributed by atoms with Gasteiger partial charge in [-0.15, -0.1) is 0 Å². The average Bonchev–Trinajstić information content (AvgIpc) is 2.98. The molecular weight excluding hydrogens is 312 g/mol. The molecule has 0 bridgehead atoms. The molecule has 0 saturated heterocycles. The van der Waals surface area contributed by atoms with Gasteiger partial charge in [0.1, 0.15) is 12.1 Å². The zero-order valence-electron chi connectivity index (χ0n) is 15.7. The Labute approximate surface area is 149 Å². The third kappa shape index (κ3) is 4.53. The molecule has 0 aliphatic heterocycles. The highest BCUT2D eigenvalue weighted by molar-refractivity contribution is 6.10. The van der Waals surface area contributed by atoms with E-state index in [2.05, 4.69) is 23.0 Å². The maximum Gasteiger partial charge on any atom is 0.185 e. The highest BCUT2D eigenvalue weighted by atomic mass is 16.1. The summed E-state index contributed by atoms with van der Waals surface area (Å²) in [5.41, 5.74) is 6.01. The van der Waals surface area contributed by atoms with Crippen molar-refractivity contribution in [1.82, 2.24) is 9.97 Å². The second-order valence-electron chi connectivity index (χ2n) is 6.79. The summed E-state index contributed by atoms with van der Waals surface area (Å²) < 4.78 is 0. The van der Waals surface area contributed by atoms with Gasteiger partial charge in [-0.1, -0.05) is 11.6 Å². The van der Waals surface area contributed by atoms with E-state index >= 15 is 0 Å². The first-order chi connectivity index (χ1) is 11.8. The minimum absolute atomic E-state index is 0.0233. The highest BCUT2D eigenvalue weighted by Crippen LogP contribution is 2.20. The Morgan fingerprint density at radius 3 is 2.56 bits per heavy atom. The van der Waals surface area contributed by atoms with Crippen LogP contribution in [0.2, 0.25) is 0 Å². The number of nitrogens with zero attached hydrogens (tertiary/aromatic N) is 1. The Kier molecular flexibility index (Phi) is 6.07. The summed E-state index contributed by atoms with van der Waals surface area (Å²) in [6.07, 6.45) is 2.85. The molecule has 1 heterocycles. The van der Waals surface area contributed by atoms with E-state index < -0.39 is 0 Å². The molecule has 0 radical (unpaired) electrons. The Morgan fingerprint density at radius 2 is 1.92 bits per heavy atom. The van der Waals surface area contributed by atoms with Gasteiger partial charge in [0.15, 0.2) is 5.78 Å². The van der Waals surface area contributed by atoms with Crippen LogP contribution < -0.4 is 0 Å². The lowest BCUT2D eigenvalue weighted by atomic mass is 9.93. The van der Waals surface area contributed by atoms with Gasteiger partial charge in [0.2, 0.25) is 0 Å². The van der Waals surface area contributed by atoms with Crippen molar-refractivity contribution in [2.45, 2.75) is 53.9 Å². The first-order valence-electron chi connectivity index (χ1n) is 8.62. The lowest BCUT2D eigenvalue weighted by molar-refractivity contribution is -0.113. The molecule has 2 rings (SSSR count). The number of Topliss-reactive ketones (excluding diaryl/α,β-unsaturated/α-hetero) is 1. The monoisotopic (exact) mass is 338 g/mol. The number of hydrogen-bond donors (Lipinski definition) is 1. The van der Waals surface area contributed by atoms with Crippen molar-refractivity contribution < 1.29 is 9.59 Å². The fraction of sp³-hybridized carbons (Fsp3) is 0.381. The van der Waals surface area contributed by atoms with Gasteiger partial charge in [0, 0.05) is 12.0 Å². The molecule has 0 fully saturated rings. The normalized spacial score (nSPS) is 12.0. The Hall–Kier alpha value is -2.49. The number of imidazole rings is 1. The van der Waals surface area contributed by atoms with Crippen molar-refractivity contribution in [2.24, 2.45) is 0 Å². The molecular formula is C21H26N2O2. The number of aryl methyl sites for hydroxylation is 2. The van der Waals surface area contributed by atoms with Crippen LogP contribution in [0.3, 0.4) is 0 Å². The Balaban J connectivity index is 2.11. The van der Waals surface area contributed by atoms with E-state index in [1.54, 1.807) is 6.92 Å². The molecule has 1 aromatic carbocycles. The largest absolute Gasteiger partial charge is 0.342 e. The molecule has 25 heavy (non-hydrogen) atoms. The van der Waals surface area contributed by atoms with Crippen molar-refractivity contribution in [3.8, 4) is 0 Å². The van der Waals surface area contributed by atoms with Gasteiger partial charge >= 0.3 is 0 Å². The number of fused-ring (bicyclic) bond motifs is 1. The topological polar surface area (TPSA) is 62.8 Å². The fourth-order valence-corrected chi connectivity index (χ4v) is 2.74. The molecule has 4 heteroatoms. The molecule has 132 valence electrons. The number of carbonyl (C=O) groups is 2. The minimum atomic E-state index is -0.0233. The third-order valence-corrected chi connectivity index (χ3v) is 4.54. The van der Waals surface area contributed by atoms with E-state index in [4.69, 9.17) is 0 Å². The van der Waals surface area contributed by atoms with Gasteiger partial charge in [-0.3, -0.25) is 9.59 Å². The van der Waals surface area contributed by atoms with Crippen molar-refractivity contribution in [2.75, 3.05) is 0 Å². The van der Waals surface area contributed by atoms with Crippen LogP contribution in [0.5, 0.6) is 0 Å². The first-order valence-corrected chi connectivity index (χ1v) is 8.62. The van der Waals surface area contributed by atoms with Crippen molar-refractivity contribution >= 4 is 23.1 Å². The molecule has 0 spiro atoms. The molecule has 1 aromatic heterocycles. The SMILES string of the molecule is CC(C)=C(C)C(=O)/C(CCCc1nc2ccc(C)cc2[nH]1)=C(/C)C=O. The first kappa shape index (κ1) is 18.8. The minimum Gasteiger partial charge on any atom is -0.342 e. The summed E-state index contributed by atoms with van der Waals surface area (Å²) in [5.74, 6) is 0.889. The molecule has 2 aromatic rings. The average molecular weight is 338 g/mol. The van der Waals surface area contributed by atoms with Crippen LogP contribution in [0, 0.1) is 6.92 Å². The van der Waals surface area contributed by atoms with Gasteiger partial charge < -0.3 is 4.98 Å². The summed E-state index contributed by atoms with van der Waals surface area (Å²) >= 11 is 0. The number of allylic oxidation sites excluding steroid dienone is 4. The summed E-state index contributed by atoms with van der Waals surface area (Å²) in [4.78, 5) is 31.7. The smallest absolute Gasteiger partial charge is 0.185 e. The molecule has 0 amide bonds. The lowest BCUT2D eigenvalue weighted by Gasteiger charge is -2.10. The van der Waals surface area contributed by atoms with Gasteiger partial charge in [-0.05, 0) is 76.3 Å². The zero-order valence-corrected chi connectivity index (χ0v) is 15.7. The maximum absolute atomic E-state index is 12.6. The summed E-state index contributed by atoms with van der Waals surface area (Å²) in [6.45, 7) is 9.41. The number of carbonyl (C=O) groups excluding carboxylic acids is 2. The molecule has 0 saturated carbocycles. The van der Waals surface area contributed by atoms with Gasteiger partial charge in [-0.25, -0.2) is 4.98 Å². The fourth-order valence-electron chi connectivity index (χ4n) is 2.74. The number of aldehydes is 1. The highest BCUT2D eigenvalue weighted by Gasteiger charge is 2.16. The summed E-state index contributed by atoms with van der Waals surface area (Å²) in [6, 6.07) is 6.13. The van der Waals surface area contributed by atoms with Crippen molar-refractivity contribution in [1.29, 1.82) is 0 Å². The Morgan fingerprint density at radius 1 is 1.20 bits per heavy atom. The predicted molar refractivity (Wildman–Crippen MR) is 102 cm³/mol. The van der Waals surface area contributed by atoms with Gasteiger partial charge in [0.05, 0.1) is 11.0 Å². The van der Waals surface area contributed by atoms with Crippen LogP contribution in [0.4, 0.5) is 0 Å². The molecule has 0 unspecified atom stereocenters. The number of H-pyrrole nitrogens is 1. The number of hydrogen-bond acceptors (Lipinski definition) is 3. The van der Waals surface area contributed by atoms with Gasteiger partial charge in [0.25, 0.3) is 0 Å². The van der Waals surface area contributed by atoms with E-state index in [0.717, 1.165) is 47.1 Å². The van der Waals surface area contributed by atoms with Crippen molar-refractivity contribution in [3.63, 3.8) is 0 Å². The second-order valence-corrected chi connectivity index (χ2v) is 6.79. The van der Waals surface area contributed by atoms with Crippen LogP contribution >= 0.6 is 0 Å². The molecule has 4 nitrogen and oxygen atoms in total. The number of rotatable bonds is 7. The van der Waals surface area contributed by atoms with E-state index in [1.165, 1.54) is 5.56 Å². The number of benzene rings is 1. The van der Waals surface area contributed by atoms with Crippen molar-refractivity contribution in [3.05, 3.63) is 51.9 Å². The predicted octanol–water partition coefficient (Wildman–Crippen LogP) is 4.63. The number of aromatic amines is 1. The van der Waals surface area contributed by atoms with E-state index in [0.29, 0.717) is 17.6 Å². The Bertz CT molecular complexity index is 865. The quantitative estimate of drug-likeness (QED) is 0.591. The van der Waals surface area contributed by atoms with Crippen LogP contribution in [0.1, 0.15) is 51.9 Å². The van der Waals surface area contributed by atoms with Crippen LogP contribution in [-0.2, 0) is 16.0 Å². The number of nitrogens with one attached hydrogen (secondary N) is 1. The second kappa shape index (κ2) is 8.06. The molecule has 0 aliphatic carbocycles. The number of ketones is 1.